The van der Waals surface area contributed by atoms with E-state index in [0.29, 0.717) is 36.1 Å². The first-order valence-corrected chi connectivity index (χ1v) is 12.3. The van der Waals surface area contributed by atoms with Gasteiger partial charge in [0.15, 0.2) is 0 Å². The van der Waals surface area contributed by atoms with Gasteiger partial charge in [0.05, 0.1) is 0 Å². The van der Waals surface area contributed by atoms with Crippen LogP contribution < -0.4 is 10.9 Å². The molecule has 1 aromatic heterocycles. The van der Waals surface area contributed by atoms with Gasteiger partial charge < -0.3 is 9.88 Å². The molecule has 4 fully saturated rings. The van der Waals surface area contributed by atoms with Crippen molar-refractivity contribution in [3.8, 4) is 0 Å². The van der Waals surface area contributed by atoms with Gasteiger partial charge in [0, 0.05) is 35.6 Å². The summed E-state index contributed by atoms with van der Waals surface area (Å²) in [5, 5.41) is 9.24. The summed E-state index contributed by atoms with van der Waals surface area (Å²) in [5.41, 5.74) is 2.29. The predicted molar refractivity (Wildman–Crippen MR) is 125 cm³/mol. The molecule has 3 N–H and O–H groups in total. The molecule has 0 atom stereocenters. The SMILES string of the molecule is O=C(CCCCCN(C(=O)c1c[nH]c2ccccc2c1=O)C12CC3CC(CC(C3)C1)C2)NO. The highest BCUT2D eigenvalue weighted by Gasteiger charge is 2.54. The summed E-state index contributed by atoms with van der Waals surface area (Å²) in [6.07, 6.45) is 11.1. The van der Waals surface area contributed by atoms with Crippen molar-refractivity contribution in [1.82, 2.24) is 15.4 Å². The van der Waals surface area contributed by atoms with Crippen LogP contribution in [0.5, 0.6) is 0 Å². The maximum absolute atomic E-state index is 14.0. The molecule has 7 heteroatoms. The molecular weight excluding hydrogens is 418 g/mol. The van der Waals surface area contributed by atoms with Crippen LogP contribution in [0.25, 0.3) is 10.9 Å². The second-order valence-corrected chi connectivity index (χ2v) is 10.5. The smallest absolute Gasteiger partial charge is 0.259 e. The maximum atomic E-state index is 14.0. The van der Waals surface area contributed by atoms with E-state index in [1.165, 1.54) is 19.3 Å². The Balaban J connectivity index is 1.41. The van der Waals surface area contributed by atoms with E-state index in [4.69, 9.17) is 5.21 Å². The van der Waals surface area contributed by atoms with Gasteiger partial charge in [0.2, 0.25) is 11.3 Å². The molecule has 7 nitrogen and oxygen atoms in total. The minimum Gasteiger partial charge on any atom is -0.360 e. The number of hydrogen-bond acceptors (Lipinski definition) is 4. The summed E-state index contributed by atoms with van der Waals surface area (Å²) in [4.78, 5) is 43.7. The zero-order valence-corrected chi connectivity index (χ0v) is 19.0. The molecule has 1 aromatic carbocycles. The van der Waals surface area contributed by atoms with Crippen LogP contribution >= 0.6 is 0 Å². The Kier molecular flexibility index (Phi) is 5.99. The zero-order valence-electron chi connectivity index (χ0n) is 19.0. The molecule has 0 saturated heterocycles. The molecular formula is C26H33N3O4. The van der Waals surface area contributed by atoms with Crippen molar-refractivity contribution in [2.24, 2.45) is 17.8 Å². The fourth-order valence-electron chi connectivity index (χ4n) is 7.21. The van der Waals surface area contributed by atoms with Gasteiger partial charge in [-0.3, -0.25) is 19.6 Å². The second-order valence-electron chi connectivity index (χ2n) is 10.5. The van der Waals surface area contributed by atoms with Crippen LogP contribution in [0.1, 0.15) is 74.6 Å². The molecule has 6 rings (SSSR count). The van der Waals surface area contributed by atoms with E-state index >= 15 is 0 Å². The predicted octanol–water partition coefficient (Wildman–Crippen LogP) is 4.00. The summed E-state index contributed by atoms with van der Waals surface area (Å²) in [7, 11) is 0. The summed E-state index contributed by atoms with van der Waals surface area (Å²) in [6.45, 7) is 0.595. The number of carbonyl (C=O) groups excluding carboxylic acids is 2. The highest BCUT2D eigenvalue weighted by Crippen LogP contribution is 2.58. The number of H-pyrrole nitrogens is 1. The van der Waals surface area contributed by atoms with E-state index in [1.807, 2.05) is 23.1 Å². The number of nitrogens with one attached hydrogen (secondary N) is 2. The lowest BCUT2D eigenvalue weighted by Gasteiger charge is -2.60. The van der Waals surface area contributed by atoms with Crippen molar-refractivity contribution in [2.75, 3.05) is 6.54 Å². The number of unbranched alkanes of at least 4 members (excludes halogenated alkanes) is 2. The lowest BCUT2D eigenvalue weighted by Crippen LogP contribution is -2.62. The topological polar surface area (TPSA) is 103 Å². The Morgan fingerprint density at radius 3 is 2.36 bits per heavy atom. The van der Waals surface area contributed by atoms with Gasteiger partial charge in [-0.05, 0) is 81.3 Å². The van der Waals surface area contributed by atoms with Crippen LogP contribution in [-0.4, -0.2) is 39.0 Å². The lowest BCUT2D eigenvalue weighted by atomic mass is 9.52. The molecule has 0 radical (unpaired) electrons. The number of para-hydroxylation sites is 1. The van der Waals surface area contributed by atoms with Crippen molar-refractivity contribution < 1.29 is 14.8 Å². The highest BCUT2D eigenvalue weighted by atomic mass is 16.5. The molecule has 2 amide bonds. The molecule has 2 aromatic rings. The molecule has 0 aliphatic heterocycles. The molecule has 33 heavy (non-hydrogen) atoms. The number of benzene rings is 1. The van der Waals surface area contributed by atoms with Crippen LogP contribution in [0.15, 0.2) is 35.3 Å². The van der Waals surface area contributed by atoms with Crippen molar-refractivity contribution in [3.63, 3.8) is 0 Å². The third-order valence-corrected chi connectivity index (χ3v) is 8.25. The van der Waals surface area contributed by atoms with Gasteiger partial charge in [-0.2, -0.15) is 0 Å². The average Bonchev–Trinajstić information content (AvgIpc) is 2.80. The van der Waals surface area contributed by atoms with Crippen LogP contribution in [0, 0.1) is 17.8 Å². The van der Waals surface area contributed by atoms with Gasteiger partial charge in [-0.15, -0.1) is 0 Å². The van der Waals surface area contributed by atoms with Crippen LogP contribution in [0.2, 0.25) is 0 Å². The maximum Gasteiger partial charge on any atom is 0.259 e. The van der Waals surface area contributed by atoms with Crippen molar-refractivity contribution in [2.45, 2.75) is 69.7 Å². The monoisotopic (exact) mass is 451 g/mol. The number of aromatic nitrogens is 1. The Hall–Kier alpha value is -2.67. The van der Waals surface area contributed by atoms with E-state index in [1.54, 1.807) is 17.7 Å². The number of nitrogens with zero attached hydrogens (tertiary/aromatic N) is 1. The molecule has 4 aliphatic carbocycles. The van der Waals surface area contributed by atoms with E-state index in [2.05, 4.69) is 4.98 Å². The number of carbonyl (C=O) groups is 2. The lowest BCUT2D eigenvalue weighted by molar-refractivity contribution is -0.129. The molecule has 4 aliphatic rings. The van der Waals surface area contributed by atoms with Gasteiger partial charge in [-0.1, -0.05) is 18.6 Å². The first-order chi connectivity index (χ1) is 16.0. The van der Waals surface area contributed by atoms with Crippen LogP contribution in [-0.2, 0) is 4.79 Å². The molecule has 0 unspecified atom stereocenters. The molecule has 1 heterocycles. The number of fused-ring (bicyclic) bond motifs is 1. The summed E-state index contributed by atoms with van der Waals surface area (Å²) in [5.74, 6) is 1.53. The quantitative estimate of drug-likeness (QED) is 0.321. The number of hydroxylamine groups is 1. The third-order valence-electron chi connectivity index (χ3n) is 8.25. The van der Waals surface area contributed by atoms with E-state index in [9.17, 15) is 14.4 Å². The molecule has 4 bridgehead atoms. The van der Waals surface area contributed by atoms with Gasteiger partial charge >= 0.3 is 0 Å². The summed E-state index contributed by atoms with van der Waals surface area (Å²) < 4.78 is 0. The normalized spacial score (nSPS) is 27.6. The van der Waals surface area contributed by atoms with Crippen molar-refractivity contribution in [3.05, 3.63) is 46.2 Å². The Bertz CT molecular complexity index is 1070. The zero-order chi connectivity index (χ0) is 23.0. The summed E-state index contributed by atoms with van der Waals surface area (Å²) >= 11 is 0. The van der Waals surface area contributed by atoms with Crippen LogP contribution in [0.3, 0.4) is 0 Å². The largest absolute Gasteiger partial charge is 0.360 e. The number of aromatic amines is 1. The minimum absolute atomic E-state index is 0.146. The molecule has 4 saturated carbocycles. The molecule has 0 spiro atoms. The minimum atomic E-state index is -0.383. The van der Waals surface area contributed by atoms with Crippen LogP contribution in [0.4, 0.5) is 0 Å². The Morgan fingerprint density at radius 2 is 1.70 bits per heavy atom. The Morgan fingerprint density at radius 1 is 1.03 bits per heavy atom. The highest BCUT2D eigenvalue weighted by molar-refractivity contribution is 5.97. The van der Waals surface area contributed by atoms with Gasteiger partial charge in [0.1, 0.15) is 5.56 Å². The van der Waals surface area contributed by atoms with Gasteiger partial charge in [-0.25, -0.2) is 5.48 Å². The van der Waals surface area contributed by atoms with E-state index in [-0.39, 0.29) is 34.8 Å². The van der Waals surface area contributed by atoms with Crippen molar-refractivity contribution >= 4 is 22.7 Å². The van der Waals surface area contributed by atoms with Gasteiger partial charge in [0.25, 0.3) is 5.91 Å². The first kappa shape index (κ1) is 22.1. The fraction of sp³-hybridized carbons (Fsp3) is 0.577. The van der Waals surface area contributed by atoms with Crippen molar-refractivity contribution in [1.29, 1.82) is 0 Å². The first-order valence-electron chi connectivity index (χ1n) is 12.3. The van der Waals surface area contributed by atoms with E-state index in [0.717, 1.165) is 37.6 Å². The molecule has 176 valence electrons. The standard InChI is InChI=1S/C26H33N3O4/c30-23(28-33)8-2-1-5-9-29(26-13-17-10-18(14-26)12-19(11-17)15-26)25(32)21-16-27-22-7-4-3-6-20(22)24(21)31/h3-4,6-7,16-19,33H,1-2,5,8-15H2,(H,27,31)(H,28,30). The number of hydrogen-bond donors (Lipinski definition) is 3. The number of pyridine rings is 1. The fourth-order valence-corrected chi connectivity index (χ4v) is 7.21. The second kappa shape index (κ2) is 8.93. The van der Waals surface area contributed by atoms with E-state index < -0.39 is 0 Å². The summed E-state index contributed by atoms with van der Waals surface area (Å²) in [6, 6.07) is 7.32. The number of amides is 2. The number of rotatable bonds is 8. The average molecular weight is 452 g/mol. The Labute approximate surface area is 193 Å². The third kappa shape index (κ3) is 4.19.